The average molecular weight is 297 g/mol. The molecule has 0 saturated heterocycles. The molecule has 8 nitrogen and oxygen atoms in total. The summed E-state index contributed by atoms with van der Waals surface area (Å²) in [6.45, 7) is 0. The number of allylic oxidation sites excluding steroid dienone is 2. The molecule has 1 heterocycles. The molecule has 0 fully saturated rings. The molecule has 1 amide bonds. The van der Waals surface area contributed by atoms with E-state index in [0.29, 0.717) is 6.29 Å². The maximum Gasteiger partial charge on any atom is 0.417 e. The van der Waals surface area contributed by atoms with Crippen molar-refractivity contribution in [3.63, 3.8) is 0 Å². The van der Waals surface area contributed by atoms with E-state index in [9.17, 15) is 19.2 Å². The SMILES string of the molecule is COC(=O)C(C(=O)OC)[C@H]1C=CN(C(=O)OC)C=C1C=O. The molecule has 0 N–H and O–H groups in total. The number of hydrogen-bond acceptors (Lipinski definition) is 7. The Morgan fingerprint density at radius 2 is 1.71 bits per heavy atom. The van der Waals surface area contributed by atoms with Crippen LogP contribution in [-0.4, -0.2) is 50.5 Å². The number of ether oxygens (including phenoxy) is 3. The second-order valence-corrected chi connectivity index (χ2v) is 4.02. The van der Waals surface area contributed by atoms with Crippen LogP contribution in [0.1, 0.15) is 0 Å². The van der Waals surface area contributed by atoms with Gasteiger partial charge < -0.3 is 14.2 Å². The lowest BCUT2D eigenvalue weighted by atomic mass is 9.85. The fraction of sp³-hybridized carbons (Fsp3) is 0.385. The predicted molar refractivity (Wildman–Crippen MR) is 68.5 cm³/mol. The molecule has 0 aromatic rings. The van der Waals surface area contributed by atoms with E-state index in [2.05, 4.69) is 14.2 Å². The molecule has 1 rings (SSSR count). The summed E-state index contributed by atoms with van der Waals surface area (Å²) in [5, 5.41) is 0. The highest BCUT2D eigenvalue weighted by Gasteiger charge is 2.39. The van der Waals surface area contributed by atoms with Crippen LogP contribution in [0.2, 0.25) is 0 Å². The normalized spacial score (nSPS) is 17.0. The van der Waals surface area contributed by atoms with Crippen LogP contribution >= 0.6 is 0 Å². The minimum Gasteiger partial charge on any atom is -0.468 e. The van der Waals surface area contributed by atoms with Crippen molar-refractivity contribution in [1.82, 2.24) is 4.90 Å². The molecule has 0 bridgehead atoms. The summed E-state index contributed by atoms with van der Waals surface area (Å²) in [6, 6.07) is 0. The zero-order chi connectivity index (χ0) is 16.0. The van der Waals surface area contributed by atoms with Crippen LogP contribution in [-0.2, 0) is 28.6 Å². The summed E-state index contributed by atoms with van der Waals surface area (Å²) < 4.78 is 13.6. The Hall–Kier alpha value is -2.64. The Bertz CT molecular complexity index is 493. The molecule has 0 spiro atoms. The smallest absolute Gasteiger partial charge is 0.417 e. The maximum atomic E-state index is 11.7. The number of nitrogens with zero attached hydrogens (tertiary/aromatic N) is 1. The molecule has 1 aliphatic heterocycles. The van der Waals surface area contributed by atoms with Gasteiger partial charge in [0.15, 0.2) is 5.92 Å². The zero-order valence-corrected chi connectivity index (χ0v) is 11.8. The highest BCUT2D eigenvalue weighted by atomic mass is 16.5. The highest BCUT2D eigenvalue weighted by molar-refractivity contribution is 5.97. The number of rotatable bonds is 4. The first-order chi connectivity index (χ1) is 9.99. The van der Waals surface area contributed by atoms with Crippen LogP contribution in [0.3, 0.4) is 0 Å². The van der Waals surface area contributed by atoms with Gasteiger partial charge >= 0.3 is 18.0 Å². The van der Waals surface area contributed by atoms with Crippen LogP contribution in [0.4, 0.5) is 4.79 Å². The number of methoxy groups -OCH3 is 3. The number of hydrogen-bond donors (Lipinski definition) is 0. The number of carbonyl (C=O) groups is 4. The lowest BCUT2D eigenvalue weighted by Gasteiger charge is -2.26. The second-order valence-electron chi connectivity index (χ2n) is 4.02. The summed E-state index contributed by atoms with van der Waals surface area (Å²) in [5.41, 5.74) is 0.0451. The van der Waals surface area contributed by atoms with Gasteiger partial charge in [-0.3, -0.25) is 19.3 Å². The number of carbonyl (C=O) groups excluding carboxylic acids is 4. The van der Waals surface area contributed by atoms with Crippen molar-refractivity contribution < 1.29 is 33.4 Å². The Kier molecular flexibility index (Phi) is 5.65. The Balaban J connectivity index is 3.13. The minimum atomic E-state index is -1.33. The van der Waals surface area contributed by atoms with Gasteiger partial charge in [0.1, 0.15) is 6.29 Å². The highest BCUT2D eigenvalue weighted by Crippen LogP contribution is 2.28. The molecule has 21 heavy (non-hydrogen) atoms. The summed E-state index contributed by atoms with van der Waals surface area (Å²) in [7, 11) is 3.42. The summed E-state index contributed by atoms with van der Waals surface area (Å²) >= 11 is 0. The summed E-state index contributed by atoms with van der Waals surface area (Å²) in [5.74, 6) is -3.89. The molecule has 0 aromatic heterocycles. The molecule has 0 saturated carbocycles. The van der Waals surface area contributed by atoms with Crippen molar-refractivity contribution in [2.24, 2.45) is 11.8 Å². The number of aldehydes is 1. The number of esters is 2. The zero-order valence-electron chi connectivity index (χ0n) is 11.8. The molecule has 0 unspecified atom stereocenters. The van der Waals surface area contributed by atoms with E-state index < -0.39 is 29.9 Å². The maximum absolute atomic E-state index is 11.7. The third-order valence-electron chi connectivity index (χ3n) is 2.92. The lowest BCUT2D eigenvalue weighted by molar-refractivity contribution is -0.160. The molecule has 0 aliphatic carbocycles. The van der Waals surface area contributed by atoms with E-state index in [-0.39, 0.29) is 5.57 Å². The van der Waals surface area contributed by atoms with Crippen molar-refractivity contribution in [3.05, 3.63) is 24.0 Å². The topological polar surface area (TPSA) is 99.2 Å². The average Bonchev–Trinajstić information content (AvgIpc) is 2.53. The summed E-state index contributed by atoms with van der Waals surface area (Å²) in [6.07, 6.45) is 3.57. The molecule has 1 atom stereocenters. The van der Waals surface area contributed by atoms with Gasteiger partial charge in [-0.1, -0.05) is 6.08 Å². The predicted octanol–water partition coefficient (Wildman–Crippen LogP) is 0.243. The van der Waals surface area contributed by atoms with Gasteiger partial charge in [0.05, 0.1) is 21.3 Å². The van der Waals surface area contributed by atoms with E-state index in [4.69, 9.17) is 0 Å². The van der Waals surface area contributed by atoms with Gasteiger partial charge in [-0.15, -0.1) is 0 Å². The Morgan fingerprint density at radius 3 is 2.14 bits per heavy atom. The van der Waals surface area contributed by atoms with Gasteiger partial charge in [0.2, 0.25) is 0 Å². The van der Waals surface area contributed by atoms with Crippen LogP contribution in [0.5, 0.6) is 0 Å². The largest absolute Gasteiger partial charge is 0.468 e. The fourth-order valence-corrected chi connectivity index (χ4v) is 1.86. The van der Waals surface area contributed by atoms with E-state index in [1.54, 1.807) is 0 Å². The van der Waals surface area contributed by atoms with E-state index >= 15 is 0 Å². The molecule has 1 aliphatic rings. The van der Waals surface area contributed by atoms with Gasteiger partial charge in [0, 0.05) is 23.9 Å². The van der Waals surface area contributed by atoms with Crippen molar-refractivity contribution in [3.8, 4) is 0 Å². The minimum absolute atomic E-state index is 0.0451. The van der Waals surface area contributed by atoms with E-state index in [1.807, 2.05) is 0 Å². The molecule has 0 radical (unpaired) electrons. The molecule has 8 heteroatoms. The third kappa shape index (κ3) is 3.47. The van der Waals surface area contributed by atoms with Crippen molar-refractivity contribution in [2.75, 3.05) is 21.3 Å². The van der Waals surface area contributed by atoms with Crippen LogP contribution < -0.4 is 0 Å². The van der Waals surface area contributed by atoms with Gasteiger partial charge in [-0.25, -0.2) is 4.79 Å². The van der Waals surface area contributed by atoms with Crippen LogP contribution in [0.25, 0.3) is 0 Å². The van der Waals surface area contributed by atoms with Gasteiger partial charge in [0.25, 0.3) is 0 Å². The lowest BCUT2D eigenvalue weighted by Crippen LogP contribution is -2.36. The second kappa shape index (κ2) is 7.22. The van der Waals surface area contributed by atoms with Crippen LogP contribution in [0, 0.1) is 11.8 Å². The summed E-state index contributed by atoms with van der Waals surface area (Å²) in [4.78, 5) is 47.1. The first kappa shape index (κ1) is 16.4. The Labute approximate surface area is 120 Å². The number of amides is 1. The monoisotopic (exact) mass is 297 g/mol. The molecule has 114 valence electrons. The van der Waals surface area contributed by atoms with Crippen LogP contribution in [0.15, 0.2) is 24.0 Å². The Morgan fingerprint density at radius 1 is 1.14 bits per heavy atom. The van der Waals surface area contributed by atoms with E-state index in [0.717, 1.165) is 19.1 Å². The van der Waals surface area contributed by atoms with Gasteiger partial charge in [-0.05, 0) is 0 Å². The first-order valence-electron chi connectivity index (χ1n) is 5.87. The van der Waals surface area contributed by atoms with Crippen molar-refractivity contribution in [1.29, 1.82) is 0 Å². The first-order valence-corrected chi connectivity index (χ1v) is 5.87. The molecular weight excluding hydrogens is 282 g/mol. The standard InChI is InChI=1S/C13H15NO7/c1-19-11(16)10(12(17)20-2)9-4-5-14(13(18)21-3)6-8(9)7-15/h4-7,9-10H,1-3H3/t9-/m0/s1. The molecular formula is C13H15NO7. The quantitative estimate of drug-likeness (QED) is 0.317. The van der Waals surface area contributed by atoms with Crippen molar-refractivity contribution in [2.45, 2.75) is 0 Å². The fourth-order valence-electron chi connectivity index (χ4n) is 1.86. The third-order valence-corrected chi connectivity index (χ3v) is 2.92. The van der Waals surface area contributed by atoms with Gasteiger partial charge in [-0.2, -0.15) is 0 Å². The molecule has 0 aromatic carbocycles. The van der Waals surface area contributed by atoms with E-state index in [1.165, 1.54) is 25.6 Å². The van der Waals surface area contributed by atoms with Crippen molar-refractivity contribution >= 4 is 24.3 Å².